The van der Waals surface area contributed by atoms with Crippen molar-refractivity contribution in [1.29, 1.82) is 0 Å². The molecule has 0 saturated carbocycles. The summed E-state index contributed by atoms with van der Waals surface area (Å²) in [6.45, 7) is 2.17. The van der Waals surface area contributed by atoms with Crippen LogP contribution in [0.3, 0.4) is 0 Å². The Labute approximate surface area is 122 Å². The Kier molecular flexibility index (Phi) is 4.65. The van der Waals surface area contributed by atoms with Gasteiger partial charge in [-0.3, -0.25) is 19.3 Å². The number of rotatable bonds is 5. The van der Waals surface area contributed by atoms with E-state index in [1.807, 2.05) is 19.1 Å². The van der Waals surface area contributed by atoms with Crippen LogP contribution in [0.1, 0.15) is 21.7 Å². The van der Waals surface area contributed by atoms with E-state index in [1.165, 1.54) is 0 Å². The minimum Gasteiger partial charge on any atom is -0.350 e. The molecule has 0 aliphatic rings. The number of carbonyl (C=O) groups is 2. The summed E-state index contributed by atoms with van der Waals surface area (Å²) in [4.78, 5) is 27.4. The molecule has 0 spiro atoms. The van der Waals surface area contributed by atoms with Crippen molar-refractivity contribution in [2.75, 3.05) is 6.54 Å². The average Bonchev–Trinajstić information content (AvgIpc) is 2.83. The molecule has 2 aromatic heterocycles. The average molecular weight is 287 g/mol. The second-order valence-corrected chi connectivity index (χ2v) is 4.61. The summed E-state index contributed by atoms with van der Waals surface area (Å²) in [5.74, 6) is -0.620. The first-order valence-corrected chi connectivity index (χ1v) is 6.50. The van der Waals surface area contributed by atoms with E-state index in [2.05, 4.69) is 20.7 Å². The number of nitrogens with one attached hydrogen (secondary N) is 2. The van der Waals surface area contributed by atoms with E-state index >= 15 is 0 Å². The predicted octanol–water partition coefficient (Wildman–Crippen LogP) is 0.170. The van der Waals surface area contributed by atoms with E-state index in [0.717, 1.165) is 11.3 Å². The Bertz CT molecular complexity index is 617. The molecule has 0 aromatic carbocycles. The van der Waals surface area contributed by atoms with Crippen LogP contribution in [-0.4, -0.2) is 33.1 Å². The number of nitrogens with zero attached hydrogens (tertiary/aromatic N) is 3. The largest absolute Gasteiger partial charge is 0.350 e. The van der Waals surface area contributed by atoms with E-state index in [9.17, 15) is 9.59 Å². The molecule has 0 radical (unpaired) electrons. The lowest BCUT2D eigenvalue weighted by Gasteiger charge is -2.06. The van der Waals surface area contributed by atoms with Gasteiger partial charge in [0.15, 0.2) is 0 Å². The monoisotopic (exact) mass is 287 g/mol. The van der Waals surface area contributed by atoms with Crippen LogP contribution in [-0.2, 0) is 18.4 Å². The molecule has 21 heavy (non-hydrogen) atoms. The first kappa shape index (κ1) is 14.7. The van der Waals surface area contributed by atoms with Crippen LogP contribution in [0, 0.1) is 6.92 Å². The Morgan fingerprint density at radius 3 is 2.57 bits per heavy atom. The van der Waals surface area contributed by atoms with Crippen molar-refractivity contribution in [2.24, 2.45) is 7.05 Å². The lowest BCUT2D eigenvalue weighted by Crippen LogP contribution is -2.36. The van der Waals surface area contributed by atoms with E-state index in [4.69, 9.17) is 0 Å². The number of amides is 2. The summed E-state index contributed by atoms with van der Waals surface area (Å²) in [7, 11) is 1.76. The molecule has 2 aromatic rings. The van der Waals surface area contributed by atoms with Crippen LogP contribution < -0.4 is 10.6 Å². The maximum absolute atomic E-state index is 11.8. The van der Waals surface area contributed by atoms with E-state index < -0.39 is 0 Å². The van der Waals surface area contributed by atoms with Gasteiger partial charge in [0.2, 0.25) is 5.91 Å². The highest BCUT2D eigenvalue weighted by molar-refractivity contribution is 5.94. The molecule has 7 nitrogen and oxygen atoms in total. The third-order valence-electron chi connectivity index (χ3n) is 2.99. The third kappa shape index (κ3) is 4.13. The Hall–Kier alpha value is -2.70. The smallest absolute Gasteiger partial charge is 0.272 e. The number of aromatic nitrogens is 3. The van der Waals surface area contributed by atoms with Crippen molar-refractivity contribution < 1.29 is 9.59 Å². The highest BCUT2D eigenvalue weighted by Gasteiger charge is 2.11. The summed E-state index contributed by atoms with van der Waals surface area (Å²) in [5, 5.41) is 9.30. The second kappa shape index (κ2) is 6.65. The minimum atomic E-state index is -0.363. The number of pyridine rings is 1. The van der Waals surface area contributed by atoms with Gasteiger partial charge in [-0.05, 0) is 30.7 Å². The lowest BCUT2D eigenvalue weighted by molar-refractivity contribution is -0.120. The van der Waals surface area contributed by atoms with Crippen LogP contribution in [0.4, 0.5) is 0 Å². The lowest BCUT2D eigenvalue weighted by atomic mass is 10.3. The molecule has 2 N–H and O–H groups in total. The van der Waals surface area contributed by atoms with Gasteiger partial charge in [-0.1, -0.05) is 0 Å². The molecule has 2 amide bonds. The van der Waals surface area contributed by atoms with Crippen molar-refractivity contribution in [1.82, 2.24) is 25.4 Å². The predicted molar refractivity (Wildman–Crippen MR) is 76.4 cm³/mol. The third-order valence-corrected chi connectivity index (χ3v) is 2.99. The maximum atomic E-state index is 11.8. The van der Waals surface area contributed by atoms with Crippen LogP contribution >= 0.6 is 0 Å². The molecule has 0 fully saturated rings. The first-order valence-electron chi connectivity index (χ1n) is 6.50. The zero-order valence-electron chi connectivity index (χ0n) is 12.0. The van der Waals surface area contributed by atoms with E-state index in [-0.39, 0.29) is 18.4 Å². The van der Waals surface area contributed by atoms with Gasteiger partial charge < -0.3 is 10.6 Å². The topological polar surface area (TPSA) is 88.9 Å². The molecule has 7 heteroatoms. The standard InChI is InChI=1S/C14H17N5O2/c1-10-7-12(18-19(10)2)14(21)17-9-13(20)16-8-11-3-5-15-6-4-11/h3-7H,8-9H2,1-2H3,(H,16,20)(H,17,21). The van der Waals surface area contributed by atoms with Crippen molar-refractivity contribution in [2.45, 2.75) is 13.5 Å². The zero-order valence-corrected chi connectivity index (χ0v) is 12.0. The number of aryl methyl sites for hydroxylation is 2. The van der Waals surface area contributed by atoms with Gasteiger partial charge in [0.25, 0.3) is 5.91 Å². The SMILES string of the molecule is Cc1cc(C(=O)NCC(=O)NCc2ccncc2)nn1C. The number of hydrogen-bond acceptors (Lipinski definition) is 4. The molecular formula is C14H17N5O2. The highest BCUT2D eigenvalue weighted by Crippen LogP contribution is 2.00. The molecular weight excluding hydrogens is 270 g/mol. The van der Waals surface area contributed by atoms with Gasteiger partial charge in [-0.25, -0.2) is 0 Å². The van der Waals surface area contributed by atoms with Crippen molar-refractivity contribution >= 4 is 11.8 Å². The number of carbonyl (C=O) groups excluding carboxylic acids is 2. The molecule has 110 valence electrons. The molecule has 0 aliphatic heterocycles. The summed E-state index contributed by atoms with van der Waals surface area (Å²) >= 11 is 0. The molecule has 0 bridgehead atoms. The van der Waals surface area contributed by atoms with Crippen LogP contribution in [0.15, 0.2) is 30.6 Å². The quantitative estimate of drug-likeness (QED) is 0.820. The molecule has 0 unspecified atom stereocenters. The summed E-state index contributed by atoms with van der Waals surface area (Å²) in [6, 6.07) is 5.30. The summed E-state index contributed by atoms with van der Waals surface area (Å²) < 4.78 is 1.61. The van der Waals surface area contributed by atoms with Gasteiger partial charge in [-0.2, -0.15) is 5.10 Å². The van der Waals surface area contributed by atoms with Gasteiger partial charge in [-0.15, -0.1) is 0 Å². The van der Waals surface area contributed by atoms with Gasteiger partial charge in [0.1, 0.15) is 5.69 Å². The number of hydrogen-bond donors (Lipinski definition) is 2. The Balaban J connectivity index is 1.77. The second-order valence-electron chi connectivity index (χ2n) is 4.61. The Morgan fingerprint density at radius 1 is 1.24 bits per heavy atom. The fourth-order valence-corrected chi connectivity index (χ4v) is 1.69. The summed E-state index contributed by atoms with van der Waals surface area (Å²) in [5.41, 5.74) is 2.13. The normalized spacial score (nSPS) is 10.2. The molecule has 0 atom stereocenters. The molecule has 2 heterocycles. The first-order chi connectivity index (χ1) is 10.1. The van der Waals surface area contributed by atoms with Crippen LogP contribution in [0.25, 0.3) is 0 Å². The molecule has 0 aliphatic carbocycles. The highest BCUT2D eigenvalue weighted by atomic mass is 16.2. The van der Waals surface area contributed by atoms with Gasteiger partial charge >= 0.3 is 0 Å². The molecule has 2 rings (SSSR count). The Morgan fingerprint density at radius 2 is 1.95 bits per heavy atom. The van der Waals surface area contributed by atoms with Gasteiger partial charge in [0.05, 0.1) is 6.54 Å². The van der Waals surface area contributed by atoms with Crippen LogP contribution in [0.5, 0.6) is 0 Å². The van der Waals surface area contributed by atoms with Crippen LogP contribution in [0.2, 0.25) is 0 Å². The van der Waals surface area contributed by atoms with Crippen molar-refractivity contribution in [3.05, 3.63) is 47.5 Å². The fourth-order valence-electron chi connectivity index (χ4n) is 1.69. The minimum absolute atomic E-state index is 0.0838. The van der Waals surface area contributed by atoms with Crippen molar-refractivity contribution in [3.8, 4) is 0 Å². The summed E-state index contributed by atoms with van der Waals surface area (Å²) in [6.07, 6.45) is 3.32. The zero-order chi connectivity index (χ0) is 15.2. The fraction of sp³-hybridized carbons (Fsp3) is 0.286. The molecule has 0 saturated heterocycles. The van der Waals surface area contributed by atoms with E-state index in [0.29, 0.717) is 12.2 Å². The maximum Gasteiger partial charge on any atom is 0.272 e. The van der Waals surface area contributed by atoms with E-state index in [1.54, 1.807) is 30.2 Å². The van der Waals surface area contributed by atoms with Gasteiger partial charge in [0, 0.05) is 31.7 Å². The van der Waals surface area contributed by atoms with Crippen molar-refractivity contribution in [3.63, 3.8) is 0 Å².